The number of nitrogens with one attached hydrogen (secondary N) is 1. The molecule has 1 saturated heterocycles. The van der Waals surface area contributed by atoms with Crippen LogP contribution in [-0.4, -0.2) is 69.7 Å². The van der Waals surface area contributed by atoms with Crippen LogP contribution in [-0.2, 0) is 10.1 Å². The molecule has 0 amide bonds. The molecule has 1 aliphatic heterocycles. The van der Waals surface area contributed by atoms with Crippen LogP contribution < -0.4 is 5.32 Å². The SMILES string of the molecule is O=S(=O)(O)[C@@H]1N[C@H](CO)[C@H](O)[C@H](O)[C@H]1O. The lowest BCUT2D eigenvalue weighted by atomic mass is 9.96. The van der Waals surface area contributed by atoms with E-state index >= 15 is 0 Å². The third kappa shape index (κ3) is 2.45. The first-order valence-electron chi connectivity index (χ1n) is 4.16. The molecule has 8 nitrogen and oxygen atoms in total. The van der Waals surface area contributed by atoms with Crippen LogP contribution in [0.1, 0.15) is 0 Å². The van der Waals surface area contributed by atoms with Crippen molar-refractivity contribution in [2.24, 2.45) is 0 Å². The number of hydrogen-bond donors (Lipinski definition) is 6. The molecule has 0 aromatic rings. The second-order valence-electron chi connectivity index (χ2n) is 3.36. The average molecular weight is 243 g/mol. The van der Waals surface area contributed by atoms with E-state index in [-0.39, 0.29) is 0 Å². The van der Waals surface area contributed by atoms with Crippen LogP contribution in [0.3, 0.4) is 0 Å². The predicted molar refractivity (Wildman–Crippen MR) is 47.4 cm³/mol. The fraction of sp³-hybridized carbons (Fsp3) is 1.00. The van der Waals surface area contributed by atoms with E-state index in [1.165, 1.54) is 0 Å². The Morgan fingerprint density at radius 1 is 1.07 bits per heavy atom. The van der Waals surface area contributed by atoms with E-state index in [0.717, 1.165) is 0 Å². The second kappa shape index (κ2) is 4.29. The largest absolute Gasteiger partial charge is 0.395 e. The molecule has 6 N–H and O–H groups in total. The van der Waals surface area contributed by atoms with Crippen molar-refractivity contribution < 1.29 is 33.4 Å². The zero-order valence-electron chi connectivity index (χ0n) is 7.55. The van der Waals surface area contributed by atoms with Gasteiger partial charge in [-0.05, 0) is 0 Å². The monoisotopic (exact) mass is 243 g/mol. The summed E-state index contributed by atoms with van der Waals surface area (Å²) >= 11 is 0. The predicted octanol–water partition coefficient (Wildman–Crippen LogP) is -3.75. The van der Waals surface area contributed by atoms with Crippen molar-refractivity contribution in [2.45, 2.75) is 29.7 Å². The Morgan fingerprint density at radius 2 is 1.60 bits per heavy atom. The van der Waals surface area contributed by atoms with Crippen LogP contribution in [0.25, 0.3) is 0 Å². The van der Waals surface area contributed by atoms with Gasteiger partial charge in [0.1, 0.15) is 18.3 Å². The van der Waals surface area contributed by atoms with Crippen molar-refractivity contribution >= 4 is 10.1 Å². The smallest absolute Gasteiger partial charge is 0.283 e. The van der Waals surface area contributed by atoms with Gasteiger partial charge in [-0.15, -0.1) is 0 Å². The number of aliphatic hydroxyl groups is 4. The summed E-state index contributed by atoms with van der Waals surface area (Å²) in [5.74, 6) is 0. The molecule has 1 fully saturated rings. The van der Waals surface area contributed by atoms with Crippen LogP contribution >= 0.6 is 0 Å². The highest BCUT2D eigenvalue weighted by molar-refractivity contribution is 7.86. The lowest BCUT2D eigenvalue weighted by molar-refractivity contribution is -0.108. The van der Waals surface area contributed by atoms with Crippen LogP contribution in [0.2, 0.25) is 0 Å². The van der Waals surface area contributed by atoms with Gasteiger partial charge in [0, 0.05) is 0 Å². The molecule has 0 aliphatic carbocycles. The van der Waals surface area contributed by atoms with Crippen molar-refractivity contribution in [2.75, 3.05) is 6.61 Å². The molecule has 0 bridgehead atoms. The van der Waals surface area contributed by atoms with Crippen LogP contribution in [0.5, 0.6) is 0 Å². The lowest BCUT2D eigenvalue weighted by Crippen LogP contribution is -2.67. The lowest BCUT2D eigenvalue weighted by Gasteiger charge is -2.39. The molecule has 0 spiro atoms. The van der Waals surface area contributed by atoms with Crippen molar-refractivity contribution in [3.63, 3.8) is 0 Å². The highest BCUT2D eigenvalue weighted by Gasteiger charge is 2.47. The Kier molecular flexibility index (Phi) is 3.66. The number of aliphatic hydroxyl groups excluding tert-OH is 4. The van der Waals surface area contributed by atoms with E-state index in [2.05, 4.69) is 5.32 Å². The Morgan fingerprint density at radius 3 is 2.00 bits per heavy atom. The maximum Gasteiger partial charge on any atom is 0.283 e. The maximum absolute atomic E-state index is 10.8. The van der Waals surface area contributed by atoms with Gasteiger partial charge in [-0.25, -0.2) is 0 Å². The van der Waals surface area contributed by atoms with Crippen LogP contribution in [0.15, 0.2) is 0 Å². The molecular weight excluding hydrogens is 230 g/mol. The van der Waals surface area contributed by atoms with Crippen molar-refractivity contribution in [3.05, 3.63) is 0 Å². The Hall–Kier alpha value is -0.290. The molecule has 0 radical (unpaired) electrons. The minimum atomic E-state index is -4.62. The van der Waals surface area contributed by atoms with Gasteiger partial charge in [-0.2, -0.15) is 8.42 Å². The zero-order chi connectivity index (χ0) is 11.8. The average Bonchev–Trinajstić information content (AvgIpc) is 2.13. The van der Waals surface area contributed by atoms with Crippen molar-refractivity contribution in [1.29, 1.82) is 0 Å². The fourth-order valence-corrected chi connectivity index (χ4v) is 2.31. The third-order valence-electron chi connectivity index (χ3n) is 2.32. The first-order valence-corrected chi connectivity index (χ1v) is 5.66. The van der Waals surface area contributed by atoms with E-state index in [0.29, 0.717) is 0 Å². The van der Waals surface area contributed by atoms with Gasteiger partial charge in [-0.3, -0.25) is 9.87 Å². The summed E-state index contributed by atoms with van der Waals surface area (Å²) < 4.78 is 30.2. The normalized spacial score (nSPS) is 42.9. The summed E-state index contributed by atoms with van der Waals surface area (Å²) in [6.45, 7) is -0.642. The molecule has 9 heteroatoms. The van der Waals surface area contributed by atoms with Gasteiger partial charge in [0.2, 0.25) is 0 Å². The summed E-state index contributed by atoms with van der Waals surface area (Å²) in [7, 11) is -4.62. The van der Waals surface area contributed by atoms with E-state index in [1.54, 1.807) is 0 Å². The maximum atomic E-state index is 10.8. The molecule has 1 aliphatic rings. The highest BCUT2D eigenvalue weighted by atomic mass is 32.2. The minimum absolute atomic E-state index is 0.642. The van der Waals surface area contributed by atoms with Gasteiger partial charge in [0.05, 0.1) is 12.6 Å². The quantitative estimate of drug-likeness (QED) is 0.271. The van der Waals surface area contributed by atoms with Crippen molar-refractivity contribution in [3.8, 4) is 0 Å². The summed E-state index contributed by atoms with van der Waals surface area (Å²) in [6, 6.07) is -1.13. The standard InChI is InChI=1S/C6H13NO7S/c8-1-2-3(9)4(10)5(11)6(7-2)15(12,13)14/h2-11H,1H2,(H,12,13,14)/t2-,3+,4+,5-,6+/m1/s1. The summed E-state index contributed by atoms with van der Waals surface area (Å²) in [4.78, 5) is 0. The fourth-order valence-electron chi connectivity index (χ4n) is 1.45. The van der Waals surface area contributed by atoms with Gasteiger partial charge in [0.15, 0.2) is 5.37 Å². The summed E-state index contributed by atoms with van der Waals surface area (Å²) in [6.07, 6.45) is -5.13. The molecular formula is C6H13NO7S. The third-order valence-corrected chi connectivity index (χ3v) is 3.37. The molecule has 0 unspecified atom stereocenters. The number of hydrogen-bond acceptors (Lipinski definition) is 7. The Labute approximate surface area is 85.9 Å². The van der Waals surface area contributed by atoms with Crippen LogP contribution in [0, 0.1) is 0 Å². The Bertz CT molecular complexity index is 315. The topological polar surface area (TPSA) is 147 Å². The summed E-state index contributed by atoms with van der Waals surface area (Å²) in [5.41, 5.74) is 0. The van der Waals surface area contributed by atoms with E-state index < -0.39 is 46.5 Å². The van der Waals surface area contributed by atoms with E-state index in [4.69, 9.17) is 9.66 Å². The molecule has 90 valence electrons. The van der Waals surface area contributed by atoms with Gasteiger partial charge in [-0.1, -0.05) is 0 Å². The van der Waals surface area contributed by atoms with E-state index in [1.807, 2.05) is 0 Å². The minimum Gasteiger partial charge on any atom is -0.395 e. The molecule has 15 heavy (non-hydrogen) atoms. The van der Waals surface area contributed by atoms with Crippen molar-refractivity contribution in [1.82, 2.24) is 5.32 Å². The molecule has 5 atom stereocenters. The second-order valence-corrected chi connectivity index (χ2v) is 4.90. The number of rotatable bonds is 2. The number of piperidine rings is 1. The first-order chi connectivity index (χ1) is 6.79. The molecule has 0 aromatic carbocycles. The Balaban J connectivity index is 2.93. The van der Waals surface area contributed by atoms with Crippen LogP contribution in [0.4, 0.5) is 0 Å². The molecule has 0 aromatic heterocycles. The van der Waals surface area contributed by atoms with Gasteiger partial charge >= 0.3 is 0 Å². The van der Waals surface area contributed by atoms with Gasteiger partial charge < -0.3 is 20.4 Å². The molecule has 0 saturated carbocycles. The first kappa shape index (κ1) is 12.8. The summed E-state index contributed by atoms with van der Waals surface area (Å²) in [5, 5.41) is 36.9. The van der Waals surface area contributed by atoms with E-state index in [9.17, 15) is 23.7 Å². The molecule has 1 rings (SSSR count). The van der Waals surface area contributed by atoms with Gasteiger partial charge in [0.25, 0.3) is 10.1 Å². The zero-order valence-corrected chi connectivity index (χ0v) is 8.37. The highest BCUT2D eigenvalue weighted by Crippen LogP contribution is 2.18. The molecule has 1 heterocycles.